The van der Waals surface area contributed by atoms with E-state index in [0.29, 0.717) is 28.8 Å². The molecule has 1 N–H and O–H groups in total. The standard InChI is InChI=1S/C15H15Cl2NO3S/c1-8(19)21-15(7-22-2)14-9(5-6-20-15)12-10(16)3-4-11(17)13(12)18-14/h3-4,18H,5-7H2,1-2H3. The summed E-state index contributed by atoms with van der Waals surface area (Å²) in [4.78, 5) is 14.8. The van der Waals surface area contributed by atoms with Crippen LogP contribution in [0.5, 0.6) is 0 Å². The highest BCUT2D eigenvalue weighted by Gasteiger charge is 2.43. The molecule has 1 unspecified atom stereocenters. The Balaban J connectivity index is 2.27. The Morgan fingerprint density at radius 3 is 2.86 bits per heavy atom. The van der Waals surface area contributed by atoms with Gasteiger partial charge in [-0.05, 0) is 30.4 Å². The molecule has 2 aromatic rings. The highest BCUT2D eigenvalue weighted by molar-refractivity contribution is 7.98. The van der Waals surface area contributed by atoms with Crippen molar-refractivity contribution in [1.29, 1.82) is 0 Å². The maximum absolute atomic E-state index is 11.6. The Labute approximate surface area is 142 Å². The smallest absolute Gasteiger partial charge is 0.305 e. The summed E-state index contributed by atoms with van der Waals surface area (Å²) >= 11 is 14.2. The van der Waals surface area contributed by atoms with Crippen LogP contribution >= 0.6 is 35.0 Å². The van der Waals surface area contributed by atoms with Crippen LogP contribution in [0.1, 0.15) is 18.2 Å². The van der Waals surface area contributed by atoms with Crippen LogP contribution < -0.4 is 0 Å². The Morgan fingerprint density at radius 2 is 2.18 bits per heavy atom. The molecule has 1 aliphatic heterocycles. The molecule has 0 saturated carbocycles. The number of carbonyl (C=O) groups excluding carboxylic acids is 1. The van der Waals surface area contributed by atoms with E-state index in [2.05, 4.69) is 4.98 Å². The fourth-order valence-corrected chi connectivity index (χ4v) is 4.05. The molecule has 3 rings (SSSR count). The molecule has 2 heterocycles. The van der Waals surface area contributed by atoms with Gasteiger partial charge in [0.15, 0.2) is 0 Å². The summed E-state index contributed by atoms with van der Waals surface area (Å²) in [6.07, 6.45) is 2.62. The lowest BCUT2D eigenvalue weighted by Gasteiger charge is -2.35. The van der Waals surface area contributed by atoms with Gasteiger partial charge in [0.05, 0.1) is 33.6 Å². The molecule has 1 aromatic heterocycles. The molecule has 0 aliphatic carbocycles. The molecular formula is C15H15Cl2NO3S. The predicted octanol–water partition coefficient (Wildman–Crippen LogP) is 4.13. The highest BCUT2D eigenvalue weighted by Crippen LogP contribution is 2.43. The lowest BCUT2D eigenvalue weighted by atomic mass is 10.0. The zero-order valence-electron chi connectivity index (χ0n) is 12.2. The molecule has 4 nitrogen and oxygen atoms in total. The molecule has 118 valence electrons. The van der Waals surface area contributed by atoms with E-state index in [-0.39, 0.29) is 0 Å². The van der Waals surface area contributed by atoms with Gasteiger partial charge in [0.2, 0.25) is 0 Å². The third-order valence-corrected chi connectivity index (χ3v) is 4.97. The third-order valence-electron chi connectivity index (χ3n) is 3.67. The number of fused-ring (bicyclic) bond motifs is 3. The fraction of sp³-hybridized carbons (Fsp3) is 0.400. The number of hydrogen-bond acceptors (Lipinski definition) is 4. The second kappa shape index (κ2) is 5.96. The monoisotopic (exact) mass is 359 g/mol. The van der Waals surface area contributed by atoms with Gasteiger partial charge < -0.3 is 14.5 Å². The number of aromatic nitrogens is 1. The lowest BCUT2D eigenvalue weighted by molar-refractivity contribution is -0.231. The lowest BCUT2D eigenvalue weighted by Crippen LogP contribution is -2.42. The first-order valence-corrected chi connectivity index (χ1v) is 8.95. The van der Waals surface area contributed by atoms with Crippen molar-refractivity contribution in [2.45, 2.75) is 19.1 Å². The summed E-state index contributed by atoms with van der Waals surface area (Å²) in [5.41, 5.74) is 2.49. The molecule has 22 heavy (non-hydrogen) atoms. The van der Waals surface area contributed by atoms with Crippen molar-refractivity contribution < 1.29 is 14.3 Å². The van der Waals surface area contributed by atoms with E-state index < -0.39 is 11.8 Å². The van der Waals surface area contributed by atoms with E-state index in [1.165, 1.54) is 6.92 Å². The number of benzene rings is 1. The van der Waals surface area contributed by atoms with Crippen LogP contribution in [0.4, 0.5) is 0 Å². The van der Waals surface area contributed by atoms with Crippen molar-refractivity contribution in [2.75, 3.05) is 18.6 Å². The van der Waals surface area contributed by atoms with Gasteiger partial charge in [-0.3, -0.25) is 4.79 Å². The molecule has 0 radical (unpaired) electrons. The maximum Gasteiger partial charge on any atom is 0.305 e. The van der Waals surface area contributed by atoms with Crippen molar-refractivity contribution in [3.8, 4) is 0 Å². The van der Waals surface area contributed by atoms with E-state index >= 15 is 0 Å². The molecule has 1 aromatic carbocycles. The Hall–Kier alpha value is -0.880. The number of rotatable bonds is 3. The molecule has 0 fully saturated rings. The summed E-state index contributed by atoms with van der Waals surface area (Å²) in [6.45, 7) is 1.83. The molecule has 7 heteroatoms. The van der Waals surface area contributed by atoms with Gasteiger partial charge in [0.25, 0.3) is 5.79 Å². The van der Waals surface area contributed by atoms with Crippen LogP contribution in [-0.2, 0) is 26.5 Å². The van der Waals surface area contributed by atoms with E-state index in [4.69, 9.17) is 32.7 Å². The second-order valence-corrected chi connectivity index (χ2v) is 6.82. The summed E-state index contributed by atoms with van der Waals surface area (Å²) in [7, 11) is 0. The van der Waals surface area contributed by atoms with Crippen molar-refractivity contribution >= 4 is 51.8 Å². The maximum atomic E-state index is 11.6. The summed E-state index contributed by atoms with van der Waals surface area (Å²) in [6, 6.07) is 3.52. The Bertz CT molecular complexity index is 746. The van der Waals surface area contributed by atoms with Crippen LogP contribution in [0, 0.1) is 0 Å². The average Bonchev–Trinajstić information content (AvgIpc) is 2.85. The minimum Gasteiger partial charge on any atom is -0.426 e. The number of halogens is 2. The van der Waals surface area contributed by atoms with Gasteiger partial charge in [0.1, 0.15) is 0 Å². The number of aromatic amines is 1. The van der Waals surface area contributed by atoms with Crippen molar-refractivity contribution in [3.63, 3.8) is 0 Å². The topological polar surface area (TPSA) is 51.3 Å². The number of nitrogens with one attached hydrogen (secondary N) is 1. The van der Waals surface area contributed by atoms with Gasteiger partial charge in [0, 0.05) is 12.3 Å². The number of H-pyrrole nitrogens is 1. The first-order chi connectivity index (χ1) is 10.5. The van der Waals surface area contributed by atoms with Gasteiger partial charge >= 0.3 is 5.97 Å². The van der Waals surface area contributed by atoms with Crippen LogP contribution in [0.15, 0.2) is 12.1 Å². The average molecular weight is 360 g/mol. The van der Waals surface area contributed by atoms with Gasteiger partial charge in [-0.15, -0.1) is 0 Å². The molecule has 0 amide bonds. The van der Waals surface area contributed by atoms with Crippen molar-refractivity contribution in [3.05, 3.63) is 33.4 Å². The van der Waals surface area contributed by atoms with Crippen LogP contribution in [0.3, 0.4) is 0 Å². The first kappa shape index (κ1) is 16.0. The summed E-state index contributed by atoms with van der Waals surface area (Å²) in [5.74, 6) is -1.02. The minimum absolute atomic E-state index is 0.391. The normalized spacial score (nSPS) is 20.9. The minimum atomic E-state index is -1.12. The number of thioether (sulfide) groups is 1. The third kappa shape index (κ3) is 2.50. The zero-order chi connectivity index (χ0) is 15.9. The highest BCUT2D eigenvalue weighted by atomic mass is 35.5. The molecule has 0 saturated heterocycles. The van der Waals surface area contributed by atoms with E-state index in [1.54, 1.807) is 23.9 Å². The summed E-state index contributed by atoms with van der Waals surface area (Å²) in [5, 5.41) is 2.08. The Morgan fingerprint density at radius 1 is 1.45 bits per heavy atom. The molecule has 1 atom stereocenters. The van der Waals surface area contributed by atoms with Crippen LogP contribution in [0.2, 0.25) is 10.0 Å². The largest absolute Gasteiger partial charge is 0.426 e. The number of ether oxygens (including phenoxy) is 2. The van der Waals surface area contributed by atoms with Crippen LogP contribution in [0.25, 0.3) is 10.9 Å². The SMILES string of the molecule is CSCC1(OC(C)=O)OCCc2c1[nH]c1c(Cl)ccc(Cl)c21. The number of esters is 1. The molecular weight excluding hydrogens is 345 g/mol. The molecule has 0 spiro atoms. The van der Waals surface area contributed by atoms with Gasteiger partial charge in [-0.25, -0.2) is 0 Å². The van der Waals surface area contributed by atoms with E-state index in [9.17, 15) is 4.79 Å². The number of hydrogen-bond donors (Lipinski definition) is 1. The molecule has 0 bridgehead atoms. The Kier molecular flexibility index (Phi) is 4.34. The predicted molar refractivity (Wildman–Crippen MR) is 89.8 cm³/mol. The van der Waals surface area contributed by atoms with Gasteiger partial charge in [-0.2, -0.15) is 11.8 Å². The fourth-order valence-electron chi connectivity index (χ4n) is 2.91. The van der Waals surface area contributed by atoms with E-state index in [1.807, 2.05) is 6.26 Å². The first-order valence-electron chi connectivity index (χ1n) is 6.80. The van der Waals surface area contributed by atoms with Crippen molar-refractivity contribution in [2.24, 2.45) is 0 Å². The van der Waals surface area contributed by atoms with Gasteiger partial charge in [-0.1, -0.05) is 23.2 Å². The van der Waals surface area contributed by atoms with E-state index in [0.717, 1.165) is 22.2 Å². The summed E-state index contributed by atoms with van der Waals surface area (Å²) < 4.78 is 11.4. The number of carbonyl (C=O) groups is 1. The molecule has 1 aliphatic rings. The quantitative estimate of drug-likeness (QED) is 0.837. The van der Waals surface area contributed by atoms with Crippen LogP contribution in [-0.4, -0.2) is 29.6 Å². The zero-order valence-corrected chi connectivity index (χ0v) is 14.5. The second-order valence-electron chi connectivity index (χ2n) is 5.14. The van der Waals surface area contributed by atoms with Crippen molar-refractivity contribution in [1.82, 2.24) is 4.98 Å².